The normalized spacial score (nSPS) is 10.7. The fourth-order valence-electron chi connectivity index (χ4n) is 2.77. The third-order valence-electron chi connectivity index (χ3n) is 4.50. The Morgan fingerprint density at radius 3 is 2.44 bits per heavy atom. The van der Waals surface area contributed by atoms with Crippen LogP contribution in [0.1, 0.15) is 26.3 Å². The molecule has 0 aliphatic heterocycles. The average Bonchev–Trinajstić information content (AvgIpc) is 2.83. The third kappa shape index (κ3) is 5.61. The molecule has 0 spiro atoms. The van der Waals surface area contributed by atoms with Gasteiger partial charge in [-0.2, -0.15) is 5.10 Å². The molecule has 0 unspecified atom stereocenters. The van der Waals surface area contributed by atoms with Crippen molar-refractivity contribution >= 4 is 52.6 Å². The number of nitro benzene ring substituents is 1. The predicted octanol–water partition coefficient (Wildman–Crippen LogP) is 4.63. The molecule has 0 aliphatic carbocycles. The van der Waals surface area contributed by atoms with Crippen molar-refractivity contribution in [3.8, 4) is 11.5 Å². The van der Waals surface area contributed by atoms with Crippen molar-refractivity contribution in [1.29, 1.82) is 0 Å². The molecular weight excluding hydrogens is 487 g/mol. The third-order valence-corrected chi connectivity index (χ3v) is 5.30. The fraction of sp³-hybridized carbons (Fsp3) is 0.0455. The van der Waals surface area contributed by atoms with Crippen molar-refractivity contribution in [3.05, 3.63) is 91.4 Å². The molecule has 3 aromatic rings. The lowest BCUT2D eigenvalue weighted by Crippen LogP contribution is -2.18. The Hall–Kier alpha value is -4.15. The number of amides is 2. The van der Waals surface area contributed by atoms with Crippen LogP contribution in [0.4, 0.5) is 11.4 Å². The van der Waals surface area contributed by atoms with E-state index in [1.807, 2.05) is 0 Å². The molecule has 0 bridgehead atoms. The molecule has 0 aromatic heterocycles. The van der Waals surface area contributed by atoms with E-state index in [1.165, 1.54) is 55.6 Å². The van der Waals surface area contributed by atoms with Crippen LogP contribution >= 0.6 is 23.2 Å². The first-order valence-corrected chi connectivity index (χ1v) is 10.2. The Balaban J connectivity index is 1.66. The van der Waals surface area contributed by atoms with E-state index in [0.717, 1.165) is 12.3 Å². The number of phenolic OH excluding ortho intramolecular Hbond substituents is 1. The first-order valence-electron chi connectivity index (χ1n) is 9.45. The largest absolute Gasteiger partial charge is 0.504 e. The molecule has 0 atom stereocenters. The van der Waals surface area contributed by atoms with E-state index >= 15 is 0 Å². The van der Waals surface area contributed by atoms with E-state index < -0.39 is 16.7 Å². The maximum atomic E-state index is 12.3. The van der Waals surface area contributed by atoms with E-state index in [-0.39, 0.29) is 43.9 Å². The summed E-state index contributed by atoms with van der Waals surface area (Å²) >= 11 is 12.1. The number of phenols is 1. The van der Waals surface area contributed by atoms with Gasteiger partial charge in [0.25, 0.3) is 17.5 Å². The van der Waals surface area contributed by atoms with Crippen LogP contribution in [0.5, 0.6) is 11.5 Å². The number of carbonyl (C=O) groups excluding carboxylic acids is 2. The molecule has 3 N–H and O–H groups in total. The van der Waals surface area contributed by atoms with Gasteiger partial charge in [-0.05, 0) is 30.3 Å². The zero-order valence-electron chi connectivity index (χ0n) is 17.4. The summed E-state index contributed by atoms with van der Waals surface area (Å²) in [5.74, 6) is -1.32. The lowest BCUT2D eigenvalue weighted by molar-refractivity contribution is -0.384. The van der Waals surface area contributed by atoms with Crippen LogP contribution < -0.4 is 15.5 Å². The molecule has 34 heavy (non-hydrogen) atoms. The van der Waals surface area contributed by atoms with Crippen molar-refractivity contribution in [2.24, 2.45) is 5.10 Å². The number of aromatic hydroxyl groups is 1. The summed E-state index contributed by atoms with van der Waals surface area (Å²) in [6.07, 6.45) is 1.12. The number of hydrogen-bond acceptors (Lipinski definition) is 7. The molecule has 2 amide bonds. The summed E-state index contributed by atoms with van der Waals surface area (Å²) in [5.41, 5.74) is 2.86. The minimum Gasteiger partial charge on any atom is -0.504 e. The Bertz CT molecular complexity index is 1300. The summed E-state index contributed by atoms with van der Waals surface area (Å²) < 4.78 is 5.00. The molecule has 3 aromatic carbocycles. The molecule has 10 nitrogen and oxygen atoms in total. The summed E-state index contributed by atoms with van der Waals surface area (Å²) in [4.78, 5) is 34.9. The van der Waals surface area contributed by atoms with Gasteiger partial charge in [0.2, 0.25) is 0 Å². The highest BCUT2D eigenvalue weighted by molar-refractivity contribution is 6.43. The number of nitro groups is 1. The number of nitrogens with zero attached hydrogens (tertiary/aromatic N) is 2. The van der Waals surface area contributed by atoms with Crippen LogP contribution in [0.15, 0.2) is 59.7 Å². The quantitative estimate of drug-likeness (QED) is 0.244. The van der Waals surface area contributed by atoms with Gasteiger partial charge in [0.05, 0.1) is 33.9 Å². The van der Waals surface area contributed by atoms with Crippen LogP contribution in [0.25, 0.3) is 0 Å². The van der Waals surface area contributed by atoms with Gasteiger partial charge < -0.3 is 15.2 Å². The Morgan fingerprint density at radius 1 is 1.09 bits per heavy atom. The van der Waals surface area contributed by atoms with Crippen molar-refractivity contribution in [2.45, 2.75) is 0 Å². The molecule has 174 valence electrons. The van der Waals surface area contributed by atoms with Gasteiger partial charge in [-0.3, -0.25) is 19.7 Å². The number of halogens is 2. The van der Waals surface area contributed by atoms with Gasteiger partial charge in [-0.15, -0.1) is 0 Å². The maximum Gasteiger partial charge on any atom is 0.271 e. The fourth-order valence-corrected chi connectivity index (χ4v) is 3.17. The van der Waals surface area contributed by atoms with Crippen molar-refractivity contribution in [2.75, 3.05) is 12.4 Å². The highest BCUT2D eigenvalue weighted by Crippen LogP contribution is 2.39. The van der Waals surface area contributed by atoms with Gasteiger partial charge in [0.15, 0.2) is 11.5 Å². The second kappa shape index (κ2) is 10.6. The highest BCUT2D eigenvalue weighted by Gasteiger charge is 2.15. The SMILES string of the molecule is COc1cc(Cl)c(Cl)c(/C=N\NC(=O)c2ccc(NC(=O)c3cccc([N+](=O)[O-])c3)cc2)c1O. The second-order valence-corrected chi connectivity index (χ2v) is 7.46. The maximum absolute atomic E-state index is 12.3. The van der Waals surface area contributed by atoms with Crippen LogP contribution in [-0.2, 0) is 0 Å². The molecule has 0 fully saturated rings. The number of benzene rings is 3. The molecule has 3 rings (SSSR count). The molecule has 0 aliphatic rings. The molecule has 12 heteroatoms. The predicted molar refractivity (Wildman–Crippen MR) is 127 cm³/mol. The molecule has 0 heterocycles. The molecule has 0 saturated carbocycles. The average molecular weight is 503 g/mol. The monoisotopic (exact) mass is 502 g/mol. The van der Waals surface area contributed by atoms with Gasteiger partial charge in [-0.25, -0.2) is 5.43 Å². The summed E-state index contributed by atoms with van der Waals surface area (Å²) in [5, 5.41) is 27.6. The number of ether oxygens (including phenoxy) is 1. The minimum absolute atomic E-state index is 0.0295. The topological polar surface area (TPSA) is 143 Å². The number of nitrogens with one attached hydrogen (secondary N) is 2. The zero-order valence-corrected chi connectivity index (χ0v) is 18.9. The van der Waals surface area contributed by atoms with Gasteiger partial charge in [-0.1, -0.05) is 29.3 Å². The van der Waals surface area contributed by atoms with Crippen LogP contribution in [0.3, 0.4) is 0 Å². The summed E-state index contributed by atoms with van der Waals surface area (Å²) in [6.45, 7) is 0. The first kappa shape index (κ1) is 24.5. The number of hydrazone groups is 1. The van der Waals surface area contributed by atoms with E-state index in [2.05, 4.69) is 15.8 Å². The number of non-ortho nitro benzene ring substituents is 1. The number of methoxy groups -OCH3 is 1. The van der Waals surface area contributed by atoms with E-state index in [0.29, 0.717) is 5.69 Å². The van der Waals surface area contributed by atoms with Crippen LogP contribution in [-0.4, -0.2) is 35.2 Å². The van der Waals surface area contributed by atoms with Crippen molar-refractivity contribution in [1.82, 2.24) is 5.43 Å². The second-order valence-electron chi connectivity index (χ2n) is 6.67. The molecule has 0 radical (unpaired) electrons. The van der Waals surface area contributed by atoms with Crippen LogP contribution in [0.2, 0.25) is 10.0 Å². The number of hydrogen-bond donors (Lipinski definition) is 3. The Morgan fingerprint density at radius 2 is 1.79 bits per heavy atom. The number of carbonyl (C=O) groups is 2. The van der Waals surface area contributed by atoms with Gasteiger partial charge >= 0.3 is 0 Å². The molecule has 0 saturated heterocycles. The minimum atomic E-state index is -0.592. The van der Waals surface area contributed by atoms with Gasteiger partial charge in [0.1, 0.15) is 0 Å². The van der Waals surface area contributed by atoms with Crippen LogP contribution in [0, 0.1) is 10.1 Å². The zero-order chi connectivity index (χ0) is 24.8. The Kier molecular flexibility index (Phi) is 7.67. The van der Waals surface area contributed by atoms with E-state index in [1.54, 1.807) is 0 Å². The van der Waals surface area contributed by atoms with E-state index in [9.17, 15) is 24.8 Å². The van der Waals surface area contributed by atoms with Gasteiger partial charge in [0, 0.05) is 35.0 Å². The van der Waals surface area contributed by atoms with E-state index in [4.69, 9.17) is 27.9 Å². The number of anilines is 1. The first-order chi connectivity index (χ1) is 16.2. The summed E-state index contributed by atoms with van der Waals surface area (Å²) in [6, 6.07) is 12.5. The molecular formula is C22H16Cl2N4O6. The van der Waals surface area contributed by atoms with Crippen molar-refractivity contribution < 1.29 is 24.4 Å². The standard InChI is InChI=1S/C22H16Cl2N4O6/c1-34-18-10-17(23)19(24)16(20(18)29)11-25-27-22(31)12-5-7-14(8-6-12)26-21(30)13-3-2-4-15(9-13)28(32)33/h2-11,29H,1H3,(H,26,30)(H,27,31)/b25-11-. The smallest absolute Gasteiger partial charge is 0.271 e. The number of rotatable bonds is 7. The van der Waals surface area contributed by atoms with Crippen molar-refractivity contribution in [3.63, 3.8) is 0 Å². The summed E-state index contributed by atoms with van der Waals surface area (Å²) in [7, 11) is 1.35. The lowest BCUT2D eigenvalue weighted by Gasteiger charge is -2.09. The Labute approximate surface area is 202 Å². The highest BCUT2D eigenvalue weighted by atomic mass is 35.5. The lowest BCUT2D eigenvalue weighted by atomic mass is 10.1.